The van der Waals surface area contributed by atoms with Crippen molar-refractivity contribution >= 4 is 38.6 Å². The van der Waals surface area contributed by atoms with Gasteiger partial charge < -0.3 is 21.3 Å². The molecule has 0 bridgehead atoms. The van der Waals surface area contributed by atoms with E-state index in [1.807, 2.05) is 0 Å². The van der Waals surface area contributed by atoms with E-state index in [9.17, 15) is 0 Å². The summed E-state index contributed by atoms with van der Waals surface area (Å²) in [6, 6.07) is 36.6. The molecule has 49 heavy (non-hydrogen) atoms. The SMILES string of the molecule is CC(C)c1cccc(C(C)C)c1[N-]C(c1ccccc1)c1nc(-c2c3ccccc3cc3ccccc23)cs1.C[N-]C.C[N-]C.C[N-]C.[Hf+4]. The van der Waals surface area contributed by atoms with Gasteiger partial charge in [-0.3, -0.25) is 0 Å². The Labute approximate surface area is 318 Å². The summed E-state index contributed by atoms with van der Waals surface area (Å²) in [7, 11) is 10.5. The molecule has 0 spiro atoms. The van der Waals surface area contributed by atoms with Crippen LogP contribution < -0.4 is 0 Å². The Bertz CT molecular complexity index is 1730. The second-order valence-corrected chi connectivity index (χ2v) is 13.0. The number of hydrogen-bond donors (Lipinski definition) is 0. The van der Waals surface area contributed by atoms with Gasteiger partial charge in [0.05, 0.1) is 10.7 Å². The van der Waals surface area contributed by atoms with Crippen molar-refractivity contribution in [2.75, 3.05) is 42.3 Å². The standard InChI is InChI=1S/C36H33N2S.3C2H6N.Hf/c1-23(2)28-19-12-20-29(24(3)4)35(28)38-34(25-13-6-5-7-14-25)36-37-32(22-39-36)33-30-17-10-8-15-26(30)21-27-16-9-11-18-31(27)33;3*1-3-2;/h5-24,34H,1-4H3;3*1-2H3;/q4*-1;+4. The summed E-state index contributed by atoms with van der Waals surface area (Å²) >= 11 is 1.71. The largest absolute Gasteiger partial charge is 4.00 e. The number of nitrogens with zero attached hydrogens (tertiary/aromatic N) is 5. The minimum atomic E-state index is -0.177. The van der Waals surface area contributed by atoms with Crippen LogP contribution in [0.2, 0.25) is 0 Å². The summed E-state index contributed by atoms with van der Waals surface area (Å²) in [6.07, 6.45) is 0. The summed E-state index contributed by atoms with van der Waals surface area (Å²) in [6.45, 7) is 9.01. The number of hydrogen-bond acceptors (Lipinski definition) is 2. The molecule has 0 amide bonds. The van der Waals surface area contributed by atoms with E-state index >= 15 is 0 Å². The third kappa shape index (κ3) is 11.1. The zero-order valence-corrected chi connectivity index (χ0v) is 35.2. The minimum absolute atomic E-state index is 0. The van der Waals surface area contributed by atoms with Crippen LogP contribution in [-0.2, 0) is 25.8 Å². The predicted octanol–water partition coefficient (Wildman–Crippen LogP) is 13.0. The first-order valence-electron chi connectivity index (χ1n) is 16.4. The van der Waals surface area contributed by atoms with Crippen molar-refractivity contribution in [2.45, 2.75) is 45.6 Å². The van der Waals surface area contributed by atoms with Crippen molar-refractivity contribution in [2.24, 2.45) is 0 Å². The molecule has 7 heteroatoms. The van der Waals surface area contributed by atoms with Gasteiger partial charge in [-0.1, -0.05) is 141 Å². The van der Waals surface area contributed by atoms with Crippen LogP contribution in [0.15, 0.2) is 109 Å². The predicted molar refractivity (Wildman–Crippen MR) is 214 cm³/mol. The second kappa shape index (κ2) is 21.8. The Kier molecular flexibility index (Phi) is 18.7. The summed E-state index contributed by atoms with van der Waals surface area (Å²) in [5.74, 6) is 0.764. The van der Waals surface area contributed by atoms with Crippen LogP contribution in [0.3, 0.4) is 0 Å². The van der Waals surface area contributed by atoms with Crippen molar-refractivity contribution in [1.29, 1.82) is 0 Å². The van der Waals surface area contributed by atoms with Gasteiger partial charge in [0.2, 0.25) is 0 Å². The molecule has 0 aliphatic carbocycles. The van der Waals surface area contributed by atoms with Crippen LogP contribution in [0, 0.1) is 0 Å². The van der Waals surface area contributed by atoms with Gasteiger partial charge >= 0.3 is 25.8 Å². The van der Waals surface area contributed by atoms with E-state index in [2.05, 4.69) is 152 Å². The third-order valence-corrected chi connectivity index (χ3v) is 8.40. The smallest absolute Gasteiger partial charge is 0.672 e. The Balaban J connectivity index is 0.000000755. The molecule has 1 atom stereocenters. The zero-order valence-electron chi connectivity index (χ0n) is 30.8. The van der Waals surface area contributed by atoms with Gasteiger partial charge in [-0.25, -0.2) is 4.98 Å². The van der Waals surface area contributed by atoms with Gasteiger partial charge in [0.25, 0.3) is 0 Å². The Hall–Kier alpha value is -3.20. The van der Waals surface area contributed by atoms with Gasteiger partial charge in [-0.05, 0) is 45.5 Å². The molecular weight excluding hydrogens is 785 g/mol. The fraction of sp³-hybridized carbons (Fsp3) is 0.310. The topological polar surface area (TPSA) is 69.3 Å². The quantitative estimate of drug-likeness (QED) is 0.117. The molecular formula is C42H51HfN5S. The fourth-order valence-electron chi connectivity index (χ4n) is 5.52. The number of rotatable bonds is 7. The molecule has 0 radical (unpaired) electrons. The van der Waals surface area contributed by atoms with E-state index in [4.69, 9.17) is 10.3 Å². The number of thiazole rings is 1. The average Bonchev–Trinajstić information content (AvgIpc) is 3.56. The van der Waals surface area contributed by atoms with Gasteiger partial charge in [0.1, 0.15) is 0 Å². The van der Waals surface area contributed by atoms with Crippen LogP contribution in [0.5, 0.6) is 0 Å². The molecule has 0 fully saturated rings. The maximum Gasteiger partial charge on any atom is 4.00 e. The molecule has 5 aromatic carbocycles. The van der Waals surface area contributed by atoms with Gasteiger partial charge in [0, 0.05) is 10.9 Å². The summed E-state index contributed by atoms with van der Waals surface area (Å²) < 4.78 is 0. The molecule has 1 aromatic heterocycles. The van der Waals surface area contributed by atoms with Crippen molar-refractivity contribution in [1.82, 2.24) is 4.98 Å². The molecule has 254 valence electrons. The summed E-state index contributed by atoms with van der Waals surface area (Å²) in [5.41, 5.74) is 7.07. The van der Waals surface area contributed by atoms with Gasteiger partial charge in [0.15, 0.2) is 0 Å². The Morgan fingerprint density at radius 3 is 1.49 bits per heavy atom. The zero-order chi connectivity index (χ0) is 35.1. The van der Waals surface area contributed by atoms with E-state index in [0.29, 0.717) is 11.8 Å². The molecule has 0 saturated carbocycles. The maximum absolute atomic E-state index is 5.52. The van der Waals surface area contributed by atoms with Crippen molar-refractivity contribution in [3.8, 4) is 11.3 Å². The van der Waals surface area contributed by atoms with Crippen molar-refractivity contribution < 1.29 is 25.8 Å². The van der Waals surface area contributed by atoms with Crippen molar-refractivity contribution in [3.05, 3.63) is 151 Å². The van der Waals surface area contributed by atoms with Gasteiger partial charge in [-0.15, -0.1) is 17.0 Å². The van der Waals surface area contributed by atoms with Crippen LogP contribution >= 0.6 is 11.3 Å². The first kappa shape index (κ1) is 42.0. The van der Waals surface area contributed by atoms with E-state index in [1.165, 1.54) is 38.2 Å². The summed E-state index contributed by atoms with van der Waals surface area (Å²) in [5, 5.41) is 24.2. The van der Waals surface area contributed by atoms with Gasteiger partial charge in [-0.2, -0.15) is 42.3 Å². The molecule has 1 unspecified atom stereocenters. The Morgan fingerprint density at radius 1 is 0.571 bits per heavy atom. The first-order chi connectivity index (χ1) is 23.3. The molecule has 0 N–H and O–H groups in total. The molecule has 1 heterocycles. The van der Waals surface area contributed by atoms with E-state index in [1.54, 1.807) is 53.6 Å². The van der Waals surface area contributed by atoms with Crippen LogP contribution in [-0.4, -0.2) is 47.3 Å². The van der Waals surface area contributed by atoms with Crippen LogP contribution in [0.1, 0.15) is 67.3 Å². The number of fused-ring (bicyclic) bond motifs is 2. The maximum atomic E-state index is 5.52. The molecule has 6 aromatic rings. The molecule has 0 aliphatic rings. The summed E-state index contributed by atoms with van der Waals surface area (Å²) in [4.78, 5) is 5.33. The van der Waals surface area contributed by atoms with E-state index in [-0.39, 0.29) is 31.9 Å². The molecule has 5 nitrogen and oxygen atoms in total. The molecule has 0 aliphatic heterocycles. The van der Waals surface area contributed by atoms with Crippen molar-refractivity contribution in [3.63, 3.8) is 0 Å². The number of aromatic nitrogens is 1. The second-order valence-electron chi connectivity index (χ2n) is 12.1. The van der Waals surface area contributed by atoms with E-state index in [0.717, 1.165) is 22.0 Å². The number of benzene rings is 5. The van der Waals surface area contributed by atoms with Crippen LogP contribution in [0.25, 0.3) is 54.1 Å². The third-order valence-electron chi connectivity index (χ3n) is 7.50. The van der Waals surface area contributed by atoms with Crippen LogP contribution in [0.4, 0.5) is 5.69 Å². The average molecular weight is 836 g/mol. The first-order valence-corrected chi connectivity index (χ1v) is 17.3. The monoisotopic (exact) mass is 837 g/mol. The Morgan fingerprint density at radius 2 is 1.02 bits per heavy atom. The fourth-order valence-corrected chi connectivity index (χ4v) is 6.39. The normalized spacial score (nSPS) is 11.0. The minimum Gasteiger partial charge on any atom is -0.672 e. The molecule has 6 rings (SSSR count). The van der Waals surface area contributed by atoms with E-state index < -0.39 is 0 Å². The molecule has 0 saturated heterocycles. The number of para-hydroxylation sites is 1.